The van der Waals surface area contributed by atoms with Crippen LogP contribution in [0.5, 0.6) is 0 Å². The second-order valence-corrected chi connectivity index (χ2v) is 14.8. The average Bonchev–Trinajstić information content (AvgIpc) is 3.45. The zero-order valence-corrected chi connectivity index (χ0v) is 25.0. The van der Waals surface area contributed by atoms with Crippen molar-refractivity contribution in [3.05, 3.63) is 0 Å². The molecule has 2 aliphatic carbocycles. The summed E-state index contributed by atoms with van der Waals surface area (Å²) in [6, 6.07) is -0.648. The number of halogens is 1. The Hall–Kier alpha value is -2.90. The first-order chi connectivity index (χ1) is 19.2. The number of nitriles is 1. The lowest BCUT2D eigenvalue weighted by Crippen LogP contribution is -2.61. The van der Waals surface area contributed by atoms with Gasteiger partial charge in [0.05, 0.1) is 12.7 Å². The summed E-state index contributed by atoms with van der Waals surface area (Å²) >= 11 is 0. The van der Waals surface area contributed by atoms with Crippen LogP contribution in [0.15, 0.2) is 0 Å². The van der Waals surface area contributed by atoms with E-state index in [9.17, 15) is 28.8 Å². The molecular formula is C30H45FN6O4. The highest BCUT2D eigenvalue weighted by Gasteiger charge is 2.70. The third-order valence-electron chi connectivity index (χ3n) is 10.5. The number of nitrogens with zero attached hydrogens (tertiary/aromatic N) is 3. The van der Waals surface area contributed by atoms with Gasteiger partial charge in [0.2, 0.25) is 17.7 Å². The maximum atomic E-state index is 14.1. The molecule has 226 valence electrons. The van der Waals surface area contributed by atoms with Crippen molar-refractivity contribution in [1.82, 2.24) is 25.8 Å². The lowest BCUT2D eigenvalue weighted by atomic mass is 9.85. The summed E-state index contributed by atoms with van der Waals surface area (Å²) in [5.41, 5.74) is -0.856. The van der Waals surface area contributed by atoms with Crippen LogP contribution in [0.1, 0.15) is 73.1 Å². The van der Waals surface area contributed by atoms with Gasteiger partial charge in [0.1, 0.15) is 18.1 Å². The Labute approximate surface area is 242 Å². The van der Waals surface area contributed by atoms with Crippen molar-refractivity contribution < 1.29 is 23.6 Å². The summed E-state index contributed by atoms with van der Waals surface area (Å²) < 4.78 is 12.8. The first-order valence-corrected chi connectivity index (χ1v) is 15.1. The van der Waals surface area contributed by atoms with E-state index in [4.69, 9.17) is 0 Å². The van der Waals surface area contributed by atoms with Crippen molar-refractivity contribution in [2.24, 2.45) is 34.5 Å². The number of hydrogen-bond donors (Lipinski definition) is 3. The van der Waals surface area contributed by atoms with Gasteiger partial charge in [0, 0.05) is 31.1 Å². The Balaban J connectivity index is 1.28. The quantitative estimate of drug-likeness (QED) is 0.411. The number of rotatable bonds is 8. The Morgan fingerprint density at radius 3 is 2.49 bits per heavy atom. The topological polar surface area (TPSA) is 135 Å². The van der Waals surface area contributed by atoms with Crippen LogP contribution in [0.4, 0.5) is 9.18 Å². The second kappa shape index (κ2) is 10.4. The Kier molecular flexibility index (Phi) is 7.52. The molecule has 5 amide bonds. The zero-order valence-electron chi connectivity index (χ0n) is 25.0. The summed E-state index contributed by atoms with van der Waals surface area (Å²) in [6.45, 7) is 10.8. The highest BCUT2D eigenvalue weighted by Crippen LogP contribution is 2.65. The number of amides is 5. The van der Waals surface area contributed by atoms with Gasteiger partial charge < -0.3 is 25.8 Å². The molecule has 5 fully saturated rings. The van der Waals surface area contributed by atoms with Crippen molar-refractivity contribution >= 4 is 23.8 Å². The summed E-state index contributed by atoms with van der Waals surface area (Å²) in [5.74, 6) is -0.849. The average molecular weight is 573 g/mol. The van der Waals surface area contributed by atoms with E-state index in [1.807, 2.05) is 20.8 Å². The molecule has 3 aliphatic heterocycles. The van der Waals surface area contributed by atoms with E-state index in [1.54, 1.807) is 9.80 Å². The van der Waals surface area contributed by atoms with Gasteiger partial charge in [-0.15, -0.1) is 0 Å². The smallest absolute Gasteiger partial charge is 0.318 e. The normalized spacial score (nSPS) is 32.1. The van der Waals surface area contributed by atoms with Gasteiger partial charge in [-0.2, -0.15) is 5.26 Å². The first kappa shape index (κ1) is 29.6. The minimum atomic E-state index is -0.866. The van der Waals surface area contributed by atoms with Gasteiger partial charge in [-0.3, -0.25) is 18.8 Å². The molecule has 0 aromatic carbocycles. The summed E-state index contributed by atoms with van der Waals surface area (Å²) in [7, 11) is 0. The van der Waals surface area contributed by atoms with Crippen LogP contribution in [0.25, 0.3) is 0 Å². The summed E-state index contributed by atoms with van der Waals surface area (Å²) in [6.07, 6.45) is 4.00. The van der Waals surface area contributed by atoms with E-state index in [1.165, 1.54) is 0 Å². The van der Waals surface area contributed by atoms with Gasteiger partial charge in [-0.1, -0.05) is 34.6 Å². The van der Waals surface area contributed by atoms with Gasteiger partial charge in [-0.05, 0) is 67.1 Å². The Morgan fingerprint density at radius 2 is 1.90 bits per heavy atom. The molecular weight excluding hydrogens is 527 g/mol. The standard InChI is InChI=1S/C30H45FN6O4/c1-28(2,3)23(34-27(41)36-11-7-17(15-36)6-10-31)26(40)37-16-20-21(29(20,4)5)22(37)25(39)33-19(14-32)12-18-13-30(8-9-30)35-24(18)38/h17-23H,6-13,15-16H2,1-5H3,(H,33,39)(H,34,41)(H,35,38)/t17?,18-,19+,20+,21+,22+,23-/m1/s1. The molecule has 11 heteroatoms. The maximum absolute atomic E-state index is 14.1. The molecule has 1 unspecified atom stereocenters. The number of fused-ring (bicyclic) bond motifs is 1. The molecule has 10 nitrogen and oxygen atoms in total. The molecule has 0 aromatic heterocycles. The van der Waals surface area contributed by atoms with Crippen LogP contribution >= 0.6 is 0 Å². The monoisotopic (exact) mass is 572 g/mol. The van der Waals surface area contributed by atoms with Crippen molar-refractivity contribution in [1.29, 1.82) is 5.26 Å². The Morgan fingerprint density at radius 1 is 1.20 bits per heavy atom. The Bertz CT molecular complexity index is 1140. The fourth-order valence-corrected chi connectivity index (χ4v) is 7.58. The van der Waals surface area contributed by atoms with E-state index < -0.39 is 30.2 Å². The minimum absolute atomic E-state index is 0.0494. The molecule has 1 spiro atoms. The van der Waals surface area contributed by atoms with E-state index in [2.05, 4.69) is 35.9 Å². The molecule has 5 rings (SSSR count). The number of piperidine rings is 1. The predicted molar refractivity (Wildman–Crippen MR) is 149 cm³/mol. The third kappa shape index (κ3) is 5.63. The fraction of sp³-hybridized carbons (Fsp3) is 0.833. The van der Waals surface area contributed by atoms with E-state index in [-0.39, 0.29) is 64.8 Å². The molecule has 3 heterocycles. The number of carbonyl (C=O) groups excluding carboxylic acids is 4. The number of urea groups is 1. The molecule has 5 aliphatic rings. The van der Waals surface area contributed by atoms with Gasteiger partial charge >= 0.3 is 6.03 Å². The molecule has 0 bridgehead atoms. The molecule has 0 aromatic rings. The van der Waals surface area contributed by atoms with Crippen LogP contribution in [0.3, 0.4) is 0 Å². The van der Waals surface area contributed by atoms with Crippen LogP contribution in [0, 0.1) is 45.8 Å². The van der Waals surface area contributed by atoms with Crippen LogP contribution in [0.2, 0.25) is 0 Å². The largest absolute Gasteiger partial charge is 0.350 e. The number of hydrogen-bond acceptors (Lipinski definition) is 5. The van der Waals surface area contributed by atoms with Crippen molar-refractivity contribution in [3.8, 4) is 6.07 Å². The first-order valence-electron chi connectivity index (χ1n) is 15.1. The summed E-state index contributed by atoms with van der Waals surface area (Å²) in [4.78, 5) is 56.8. The number of carbonyl (C=O) groups is 4. The zero-order chi connectivity index (χ0) is 29.9. The van der Waals surface area contributed by atoms with E-state index in [0.717, 1.165) is 19.3 Å². The molecule has 2 saturated carbocycles. The number of likely N-dealkylation sites (tertiary alicyclic amines) is 2. The number of alkyl halides is 1. The van der Waals surface area contributed by atoms with Crippen molar-refractivity contribution in [2.45, 2.75) is 96.8 Å². The maximum Gasteiger partial charge on any atom is 0.318 e. The minimum Gasteiger partial charge on any atom is -0.350 e. The third-order valence-corrected chi connectivity index (χ3v) is 10.5. The fourth-order valence-electron chi connectivity index (χ4n) is 7.58. The lowest BCUT2D eigenvalue weighted by Gasteiger charge is -2.38. The highest BCUT2D eigenvalue weighted by atomic mass is 19.1. The van der Waals surface area contributed by atoms with Crippen molar-refractivity contribution in [2.75, 3.05) is 26.3 Å². The van der Waals surface area contributed by atoms with Crippen LogP contribution in [-0.2, 0) is 14.4 Å². The second-order valence-electron chi connectivity index (χ2n) is 14.8. The van der Waals surface area contributed by atoms with Crippen molar-refractivity contribution in [3.63, 3.8) is 0 Å². The molecule has 7 atom stereocenters. The predicted octanol–water partition coefficient (Wildman–Crippen LogP) is 2.34. The molecule has 3 saturated heterocycles. The lowest BCUT2D eigenvalue weighted by molar-refractivity contribution is -0.144. The van der Waals surface area contributed by atoms with Gasteiger partial charge in [0.15, 0.2) is 0 Å². The number of nitrogens with one attached hydrogen (secondary N) is 3. The SMILES string of the molecule is CC(C)(C)[C@H](NC(=O)N1CCC(CCF)C1)C(=O)N1C[C@H]2[C@@H]([C@H]1C(=O)N[C@H](C#N)C[C@@H]1CC3(CC3)NC1=O)C2(C)C. The van der Waals surface area contributed by atoms with Gasteiger partial charge in [-0.25, -0.2) is 4.79 Å². The van der Waals surface area contributed by atoms with Gasteiger partial charge in [0.25, 0.3) is 0 Å². The highest BCUT2D eigenvalue weighted by molar-refractivity contribution is 5.94. The van der Waals surface area contributed by atoms with E-state index >= 15 is 0 Å². The molecule has 41 heavy (non-hydrogen) atoms. The molecule has 0 radical (unpaired) electrons. The van der Waals surface area contributed by atoms with Crippen LogP contribution in [-0.4, -0.2) is 83.5 Å². The van der Waals surface area contributed by atoms with Crippen LogP contribution < -0.4 is 16.0 Å². The molecule has 3 N–H and O–H groups in total. The van der Waals surface area contributed by atoms with E-state index in [0.29, 0.717) is 32.5 Å². The summed E-state index contributed by atoms with van der Waals surface area (Å²) in [5, 5.41) is 18.7.